The van der Waals surface area contributed by atoms with Gasteiger partial charge in [-0.25, -0.2) is 4.39 Å². The molecule has 2 rings (SSSR count). The van der Waals surface area contributed by atoms with E-state index in [1.807, 2.05) is 37.4 Å². The fourth-order valence-electron chi connectivity index (χ4n) is 1.73. The first-order chi connectivity index (χ1) is 10.1. The van der Waals surface area contributed by atoms with Crippen molar-refractivity contribution in [3.63, 3.8) is 0 Å². The summed E-state index contributed by atoms with van der Waals surface area (Å²) in [6.45, 7) is 2.41. The van der Waals surface area contributed by atoms with Crippen LogP contribution in [0.2, 0.25) is 0 Å². The van der Waals surface area contributed by atoms with Crippen molar-refractivity contribution in [3.8, 4) is 17.2 Å². The van der Waals surface area contributed by atoms with Gasteiger partial charge in [0.1, 0.15) is 5.75 Å². The first kappa shape index (κ1) is 15.5. The Morgan fingerprint density at radius 2 is 1.86 bits per heavy atom. The van der Waals surface area contributed by atoms with Crippen LogP contribution >= 0.6 is 11.8 Å². The van der Waals surface area contributed by atoms with Gasteiger partial charge in [-0.1, -0.05) is 6.92 Å². The van der Waals surface area contributed by atoms with E-state index in [1.165, 1.54) is 12.1 Å². The second-order valence-corrected chi connectivity index (χ2v) is 5.33. The second kappa shape index (κ2) is 7.22. The van der Waals surface area contributed by atoms with Gasteiger partial charge in [0, 0.05) is 17.0 Å². The average Bonchev–Trinajstić information content (AvgIpc) is 2.49. The van der Waals surface area contributed by atoms with Crippen molar-refractivity contribution in [1.29, 1.82) is 0 Å². The fraction of sp³-hybridized carbons (Fsp3) is 0.250. The van der Waals surface area contributed by atoms with Gasteiger partial charge in [0.2, 0.25) is 0 Å². The zero-order valence-electron chi connectivity index (χ0n) is 12.1. The summed E-state index contributed by atoms with van der Waals surface area (Å²) in [5, 5.41) is 0. The molecule has 0 aliphatic heterocycles. The zero-order chi connectivity index (χ0) is 15.2. The minimum atomic E-state index is -0.481. The van der Waals surface area contributed by atoms with Gasteiger partial charge >= 0.3 is 0 Å². The number of ether oxygens (including phenoxy) is 2. The van der Waals surface area contributed by atoms with Gasteiger partial charge in [0.05, 0.1) is 12.3 Å². The third-order valence-corrected chi connectivity index (χ3v) is 3.56. The zero-order valence-corrected chi connectivity index (χ0v) is 12.9. The largest absolute Gasteiger partial charge is 0.490 e. The quantitative estimate of drug-likeness (QED) is 0.620. The molecule has 2 aromatic carbocycles. The Labute approximate surface area is 128 Å². The van der Waals surface area contributed by atoms with Crippen LogP contribution in [0.1, 0.15) is 13.3 Å². The van der Waals surface area contributed by atoms with Crippen LogP contribution < -0.4 is 15.2 Å². The number of anilines is 1. The SMILES string of the molecule is CCCOc1cc(Oc2ccc(SC)cc2)c(N)cc1F. The third-order valence-electron chi connectivity index (χ3n) is 2.81. The molecular weight excluding hydrogens is 289 g/mol. The van der Waals surface area contributed by atoms with Crippen LogP contribution in [0, 0.1) is 5.82 Å². The monoisotopic (exact) mass is 307 g/mol. The first-order valence-corrected chi connectivity index (χ1v) is 7.90. The summed E-state index contributed by atoms with van der Waals surface area (Å²) < 4.78 is 24.8. The van der Waals surface area contributed by atoms with E-state index in [-0.39, 0.29) is 11.4 Å². The topological polar surface area (TPSA) is 44.5 Å². The van der Waals surface area contributed by atoms with Crippen LogP contribution in [0.25, 0.3) is 0 Å². The number of rotatable bonds is 6. The molecule has 0 atom stereocenters. The lowest BCUT2D eigenvalue weighted by Gasteiger charge is -2.12. The summed E-state index contributed by atoms with van der Waals surface area (Å²) in [5.41, 5.74) is 6.04. The summed E-state index contributed by atoms with van der Waals surface area (Å²) >= 11 is 1.65. The van der Waals surface area contributed by atoms with Gasteiger partial charge < -0.3 is 15.2 Å². The van der Waals surface area contributed by atoms with Crippen LogP contribution in [0.3, 0.4) is 0 Å². The summed E-state index contributed by atoms with van der Waals surface area (Å²) in [6.07, 6.45) is 2.81. The van der Waals surface area contributed by atoms with Crippen LogP contribution in [0.5, 0.6) is 17.2 Å². The van der Waals surface area contributed by atoms with Crippen molar-refractivity contribution < 1.29 is 13.9 Å². The number of halogens is 1. The highest BCUT2D eigenvalue weighted by Crippen LogP contribution is 2.34. The smallest absolute Gasteiger partial charge is 0.167 e. The van der Waals surface area contributed by atoms with E-state index in [9.17, 15) is 4.39 Å². The molecule has 0 saturated heterocycles. The highest BCUT2D eigenvalue weighted by Gasteiger charge is 2.11. The van der Waals surface area contributed by atoms with Gasteiger partial charge in [-0.3, -0.25) is 0 Å². The van der Waals surface area contributed by atoms with E-state index in [0.717, 1.165) is 11.3 Å². The molecule has 0 fully saturated rings. The van der Waals surface area contributed by atoms with E-state index in [2.05, 4.69) is 0 Å². The van der Waals surface area contributed by atoms with Crippen molar-refractivity contribution >= 4 is 17.4 Å². The lowest BCUT2D eigenvalue weighted by molar-refractivity contribution is 0.300. The van der Waals surface area contributed by atoms with E-state index in [1.54, 1.807) is 11.8 Å². The van der Waals surface area contributed by atoms with Crippen molar-refractivity contribution in [1.82, 2.24) is 0 Å². The maximum absolute atomic E-state index is 13.7. The highest BCUT2D eigenvalue weighted by atomic mass is 32.2. The van der Waals surface area contributed by atoms with Crippen LogP contribution in [-0.2, 0) is 0 Å². The molecule has 0 unspecified atom stereocenters. The predicted octanol–water partition coefficient (Wildman–Crippen LogP) is 4.71. The molecule has 0 aliphatic carbocycles. The number of thioether (sulfide) groups is 1. The number of benzene rings is 2. The summed E-state index contributed by atoms with van der Waals surface area (Å²) in [6, 6.07) is 10.3. The van der Waals surface area contributed by atoms with Crippen LogP contribution in [0.4, 0.5) is 10.1 Å². The molecule has 21 heavy (non-hydrogen) atoms. The lowest BCUT2D eigenvalue weighted by atomic mass is 10.2. The number of nitrogen functional groups attached to an aromatic ring is 1. The standard InChI is InChI=1S/C16H18FNO2S/c1-3-8-19-15-10-16(14(18)9-13(15)17)20-11-4-6-12(21-2)7-5-11/h4-7,9-10H,3,8,18H2,1-2H3. The molecule has 0 aliphatic rings. The van der Waals surface area contributed by atoms with Crippen molar-refractivity contribution in [3.05, 3.63) is 42.2 Å². The summed E-state index contributed by atoms with van der Waals surface area (Å²) in [5.74, 6) is 0.708. The Hall–Kier alpha value is -1.88. The molecule has 0 radical (unpaired) electrons. The molecule has 3 nitrogen and oxygen atoms in total. The van der Waals surface area contributed by atoms with Crippen molar-refractivity contribution in [2.75, 3.05) is 18.6 Å². The molecular formula is C16H18FNO2S. The molecule has 0 spiro atoms. The second-order valence-electron chi connectivity index (χ2n) is 4.45. The van der Waals surface area contributed by atoms with E-state index in [4.69, 9.17) is 15.2 Å². The molecule has 112 valence electrons. The normalized spacial score (nSPS) is 10.4. The molecule has 5 heteroatoms. The lowest BCUT2D eigenvalue weighted by Crippen LogP contribution is -2.00. The third kappa shape index (κ3) is 4.04. The fourth-order valence-corrected chi connectivity index (χ4v) is 2.14. The van der Waals surface area contributed by atoms with E-state index >= 15 is 0 Å². The van der Waals surface area contributed by atoms with Gasteiger partial charge in [-0.15, -0.1) is 11.8 Å². The highest BCUT2D eigenvalue weighted by molar-refractivity contribution is 7.98. The van der Waals surface area contributed by atoms with E-state index in [0.29, 0.717) is 18.1 Å². The first-order valence-electron chi connectivity index (χ1n) is 6.67. The molecule has 0 bridgehead atoms. The Kier molecular flexibility index (Phi) is 5.33. The molecule has 0 saturated carbocycles. The van der Waals surface area contributed by atoms with Crippen molar-refractivity contribution in [2.45, 2.75) is 18.2 Å². The molecule has 2 N–H and O–H groups in total. The number of hydrogen-bond donors (Lipinski definition) is 1. The Morgan fingerprint density at radius 3 is 2.48 bits per heavy atom. The summed E-state index contributed by atoms with van der Waals surface area (Å²) in [4.78, 5) is 1.14. The predicted molar refractivity (Wildman–Crippen MR) is 84.9 cm³/mol. The molecule has 0 aromatic heterocycles. The van der Waals surface area contributed by atoms with Crippen LogP contribution in [-0.4, -0.2) is 12.9 Å². The minimum Gasteiger partial charge on any atom is -0.490 e. The Bertz CT molecular complexity index is 602. The van der Waals surface area contributed by atoms with Gasteiger partial charge in [0.15, 0.2) is 17.3 Å². The van der Waals surface area contributed by atoms with Crippen LogP contribution in [0.15, 0.2) is 41.3 Å². The maximum atomic E-state index is 13.7. The minimum absolute atomic E-state index is 0.154. The van der Waals surface area contributed by atoms with Crippen molar-refractivity contribution in [2.24, 2.45) is 0 Å². The molecule has 2 aromatic rings. The summed E-state index contributed by atoms with van der Waals surface area (Å²) in [7, 11) is 0. The number of nitrogens with two attached hydrogens (primary N) is 1. The Morgan fingerprint density at radius 1 is 1.14 bits per heavy atom. The average molecular weight is 307 g/mol. The van der Waals surface area contributed by atoms with Gasteiger partial charge in [-0.2, -0.15) is 0 Å². The van der Waals surface area contributed by atoms with Gasteiger partial charge in [-0.05, 0) is 36.9 Å². The Balaban J connectivity index is 2.21. The molecule has 0 heterocycles. The van der Waals surface area contributed by atoms with E-state index < -0.39 is 5.82 Å². The molecule has 0 amide bonds. The van der Waals surface area contributed by atoms with Gasteiger partial charge in [0.25, 0.3) is 0 Å². The number of hydrogen-bond acceptors (Lipinski definition) is 4. The maximum Gasteiger partial charge on any atom is 0.167 e.